The van der Waals surface area contributed by atoms with Crippen LogP contribution in [0.3, 0.4) is 0 Å². The zero-order valence-electron chi connectivity index (χ0n) is 47.3. The number of hydrogen-bond donors (Lipinski definition) is 2. The number of aliphatic hydroxyl groups is 2. The molecule has 0 aromatic carbocycles. The summed E-state index contributed by atoms with van der Waals surface area (Å²) >= 11 is 0. The number of rotatable bonds is 7. The van der Waals surface area contributed by atoms with Crippen LogP contribution in [-0.2, 0) is 61.9 Å². The number of ketones is 3. The van der Waals surface area contributed by atoms with Gasteiger partial charge in [-0.2, -0.15) is 0 Å². The van der Waals surface area contributed by atoms with Gasteiger partial charge in [0.1, 0.15) is 35.6 Å². The number of carbonyl (C=O) groups is 6. The minimum Gasteiger partial charge on any atom is -0.460 e. The summed E-state index contributed by atoms with van der Waals surface area (Å²) in [6.45, 7) is 20.6. The zero-order chi connectivity index (χ0) is 55.6. The Morgan fingerprint density at radius 1 is 0.853 bits per heavy atom. The van der Waals surface area contributed by atoms with Gasteiger partial charge in [-0.25, -0.2) is 4.79 Å². The molecule has 1 amide bonds. The maximum absolute atomic E-state index is 14.6. The van der Waals surface area contributed by atoms with Crippen molar-refractivity contribution in [2.75, 3.05) is 34.0 Å². The first-order valence-corrected chi connectivity index (χ1v) is 27.7. The van der Waals surface area contributed by atoms with Crippen molar-refractivity contribution in [2.24, 2.45) is 46.8 Å². The van der Waals surface area contributed by atoms with Crippen molar-refractivity contribution < 1.29 is 72.1 Å². The summed E-state index contributed by atoms with van der Waals surface area (Å²) in [4.78, 5) is 86.2. The van der Waals surface area contributed by atoms with E-state index < -0.39 is 101 Å². The van der Waals surface area contributed by atoms with Crippen molar-refractivity contribution in [3.63, 3.8) is 0 Å². The summed E-state index contributed by atoms with van der Waals surface area (Å²) in [5.41, 5.74) is 0.650. The van der Waals surface area contributed by atoms with Crippen LogP contribution >= 0.6 is 0 Å². The molecule has 422 valence electrons. The van der Waals surface area contributed by atoms with Crippen molar-refractivity contribution in [2.45, 2.75) is 207 Å². The molecule has 0 radical (unpaired) electrons. The van der Waals surface area contributed by atoms with Crippen LogP contribution in [-0.4, -0.2) is 139 Å². The highest BCUT2D eigenvalue weighted by Crippen LogP contribution is 2.39. The number of methoxy groups -OCH3 is 2. The molecule has 5 rings (SSSR count). The predicted molar refractivity (Wildman–Crippen MR) is 281 cm³/mol. The molecule has 5 aliphatic rings. The Balaban J connectivity index is 1.42. The number of Topliss-reactive ketones (excluding diaryl/α,β-unsaturated/α-hetero) is 3. The molecule has 3 saturated heterocycles. The van der Waals surface area contributed by atoms with Crippen LogP contribution in [0.4, 0.5) is 0 Å². The lowest BCUT2D eigenvalue weighted by molar-refractivity contribution is -0.283. The molecule has 4 heterocycles. The SMILES string of the molecule is CO[C@H]1C[C@@H]2CC[C@@H](C)[C@@](O)(O2)C(=O)C(=O)N2CCCC[C@H]2C(=O)O[C@H]([C@H](C)C[C@@H]2CC[C@@H](OC(=O)C3(C)COC(C)(C)OC3)[C@H](O)C2)CC(=O)[C@H](C)/C=C(\C)[C@@H](C)[C@@H](OC)C(=O)[C@H](C)C[C@H](C)/C=C/C=CC=C1C. The van der Waals surface area contributed by atoms with E-state index >= 15 is 0 Å². The van der Waals surface area contributed by atoms with Gasteiger partial charge in [-0.3, -0.25) is 24.0 Å². The number of nitrogens with zero attached hydrogens (tertiary/aromatic N) is 1. The number of hydrogen-bond acceptors (Lipinski definition) is 15. The fourth-order valence-corrected chi connectivity index (χ4v) is 11.4. The third kappa shape index (κ3) is 16.1. The van der Waals surface area contributed by atoms with Crippen molar-refractivity contribution >= 4 is 35.2 Å². The third-order valence-electron chi connectivity index (χ3n) is 16.8. The number of ether oxygens (including phenoxy) is 7. The van der Waals surface area contributed by atoms with Crippen molar-refractivity contribution in [3.05, 3.63) is 47.6 Å². The topological polar surface area (TPSA) is 211 Å². The summed E-state index contributed by atoms with van der Waals surface area (Å²) in [5, 5.41) is 23.4. The second-order valence-electron chi connectivity index (χ2n) is 23.6. The van der Waals surface area contributed by atoms with Crippen LogP contribution in [0.5, 0.6) is 0 Å². The molecule has 1 saturated carbocycles. The standard InChI is InChI=1S/C59H91NO15/c1-35-19-15-14-16-20-36(2)49(69-12)31-44-24-22-41(7)59(68,75-44)53(64)54(65)60-26-18-17-21-45(60)55(66)73-50(32-46(61)38(4)28-37(3)42(8)52(70-13)51(63)40(6)27-35)39(5)29-43-23-25-48(47(62)30-43)74-56(67)58(11)33-71-57(9,10)72-34-58/h14-16,19-20,28,35,38-45,47-50,52,62,68H,17-18,21-27,29-34H2,1-13H3/b16-14?,19-15+,36-20?,37-28+/t35-,38-,39-,40-,41-,42-,43+,44+,45+,47-,48-,49+,50+,52-,59-/m1/s1. The van der Waals surface area contributed by atoms with Crippen LogP contribution in [0.2, 0.25) is 0 Å². The molecule has 15 atom stereocenters. The fraction of sp³-hybridized carbons (Fsp3) is 0.763. The molecule has 0 unspecified atom stereocenters. The molecule has 16 heteroatoms. The number of aliphatic hydroxyl groups excluding tert-OH is 1. The highest BCUT2D eigenvalue weighted by molar-refractivity contribution is 6.39. The monoisotopic (exact) mass is 1050 g/mol. The van der Waals surface area contributed by atoms with Crippen molar-refractivity contribution in [1.29, 1.82) is 0 Å². The van der Waals surface area contributed by atoms with Gasteiger partial charge < -0.3 is 48.3 Å². The number of fused-ring (bicyclic) bond motifs is 3. The molecule has 4 aliphatic heterocycles. The number of carbonyl (C=O) groups excluding carboxylic acids is 6. The van der Waals surface area contributed by atoms with Crippen LogP contribution in [0.15, 0.2) is 47.6 Å². The fourth-order valence-electron chi connectivity index (χ4n) is 11.4. The molecule has 75 heavy (non-hydrogen) atoms. The molecular weight excluding hydrogens is 963 g/mol. The first-order chi connectivity index (χ1) is 35.2. The Hall–Kier alpha value is -3.90. The molecule has 2 bridgehead atoms. The largest absolute Gasteiger partial charge is 0.460 e. The molecule has 16 nitrogen and oxygen atoms in total. The van der Waals surface area contributed by atoms with Crippen LogP contribution in [0.25, 0.3) is 0 Å². The van der Waals surface area contributed by atoms with E-state index in [-0.39, 0.29) is 67.8 Å². The van der Waals surface area contributed by atoms with E-state index in [1.807, 2.05) is 71.1 Å². The molecule has 0 spiro atoms. The molecular formula is C59H91NO15. The van der Waals surface area contributed by atoms with Gasteiger partial charge in [0.15, 0.2) is 11.6 Å². The van der Waals surface area contributed by atoms with E-state index in [1.54, 1.807) is 41.7 Å². The van der Waals surface area contributed by atoms with Crippen LogP contribution in [0.1, 0.15) is 153 Å². The lowest BCUT2D eigenvalue weighted by Gasteiger charge is -2.42. The Morgan fingerprint density at radius 3 is 2.20 bits per heavy atom. The lowest BCUT2D eigenvalue weighted by atomic mass is 9.78. The minimum absolute atomic E-state index is 0.0302. The second-order valence-corrected chi connectivity index (χ2v) is 23.6. The van der Waals surface area contributed by atoms with E-state index in [0.717, 1.165) is 11.1 Å². The highest BCUT2D eigenvalue weighted by atomic mass is 16.7. The second kappa shape index (κ2) is 27.1. The molecule has 1 aliphatic carbocycles. The van der Waals surface area contributed by atoms with Gasteiger partial charge in [-0.15, -0.1) is 0 Å². The highest BCUT2D eigenvalue weighted by Gasteiger charge is 2.53. The van der Waals surface area contributed by atoms with E-state index in [1.165, 1.54) is 12.0 Å². The lowest BCUT2D eigenvalue weighted by Crippen LogP contribution is -2.61. The summed E-state index contributed by atoms with van der Waals surface area (Å²) in [7, 11) is 3.11. The average Bonchev–Trinajstić information content (AvgIpc) is 3.37. The summed E-state index contributed by atoms with van der Waals surface area (Å²) in [5.74, 6) is -9.44. The minimum atomic E-state index is -2.45. The Morgan fingerprint density at radius 2 is 1.55 bits per heavy atom. The zero-order valence-corrected chi connectivity index (χ0v) is 47.3. The molecule has 0 aromatic heterocycles. The van der Waals surface area contributed by atoms with E-state index in [0.29, 0.717) is 64.2 Å². The van der Waals surface area contributed by atoms with Gasteiger partial charge in [0.25, 0.3) is 11.7 Å². The van der Waals surface area contributed by atoms with Gasteiger partial charge in [0.2, 0.25) is 5.79 Å². The van der Waals surface area contributed by atoms with Gasteiger partial charge in [0.05, 0.1) is 31.5 Å². The van der Waals surface area contributed by atoms with Gasteiger partial charge in [-0.05, 0) is 122 Å². The summed E-state index contributed by atoms with van der Waals surface area (Å²) in [6, 6.07) is -1.17. The van der Waals surface area contributed by atoms with Crippen LogP contribution < -0.4 is 0 Å². The van der Waals surface area contributed by atoms with E-state index in [2.05, 4.69) is 6.92 Å². The number of esters is 2. The number of piperidine rings is 1. The van der Waals surface area contributed by atoms with Gasteiger partial charge >= 0.3 is 11.9 Å². The normalized spacial score (nSPS) is 38.0. The Kier molecular flexibility index (Phi) is 22.4. The molecule has 4 fully saturated rings. The molecule has 0 aromatic rings. The Bertz CT molecular complexity index is 2120. The summed E-state index contributed by atoms with van der Waals surface area (Å²) in [6.07, 6.45) is 11.8. The Labute approximate surface area is 446 Å². The smallest absolute Gasteiger partial charge is 0.329 e. The maximum Gasteiger partial charge on any atom is 0.329 e. The van der Waals surface area contributed by atoms with Crippen LogP contribution in [0, 0.1) is 46.8 Å². The quantitative estimate of drug-likeness (QED) is 0.140. The van der Waals surface area contributed by atoms with E-state index in [9.17, 15) is 39.0 Å². The summed E-state index contributed by atoms with van der Waals surface area (Å²) < 4.78 is 41.6. The molecule has 2 N–H and O–H groups in total. The number of cyclic esters (lactones) is 1. The van der Waals surface area contributed by atoms with Crippen molar-refractivity contribution in [1.82, 2.24) is 4.90 Å². The average molecular weight is 1050 g/mol. The third-order valence-corrected chi connectivity index (χ3v) is 16.8. The van der Waals surface area contributed by atoms with Gasteiger partial charge in [0, 0.05) is 57.3 Å². The van der Waals surface area contributed by atoms with E-state index in [4.69, 9.17) is 33.2 Å². The maximum atomic E-state index is 14.6. The number of allylic oxidation sites excluding steroid dienone is 6. The van der Waals surface area contributed by atoms with Gasteiger partial charge in [-0.1, -0.05) is 83.6 Å². The first-order valence-electron chi connectivity index (χ1n) is 27.7. The number of amides is 1. The first kappa shape index (κ1) is 61.9. The predicted octanol–water partition coefficient (Wildman–Crippen LogP) is 8.14. The van der Waals surface area contributed by atoms with Crippen molar-refractivity contribution in [3.8, 4) is 0 Å².